The van der Waals surface area contributed by atoms with Crippen LogP contribution in [0.2, 0.25) is 0 Å². The van der Waals surface area contributed by atoms with Crippen LogP contribution >= 0.6 is 0 Å². The fourth-order valence-electron chi connectivity index (χ4n) is 1.10. The molecule has 0 nitrogen and oxygen atoms in total. The highest BCUT2D eigenvalue weighted by Crippen LogP contribution is 1.99. The normalized spacial score (nSPS) is 9.17. The van der Waals surface area contributed by atoms with Crippen LogP contribution in [-0.4, -0.2) is 0 Å². The Morgan fingerprint density at radius 3 is 1.42 bits per heavy atom. The average Bonchev–Trinajstić information content (AvgIpc) is 2.10. The van der Waals surface area contributed by atoms with Gasteiger partial charge in [0, 0.05) is 12.8 Å². The topological polar surface area (TPSA) is 0 Å². The van der Waals surface area contributed by atoms with E-state index >= 15 is 0 Å². The van der Waals surface area contributed by atoms with Crippen molar-refractivity contribution in [1.29, 1.82) is 0 Å². The zero-order valence-corrected chi connectivity index (χ0v) is 8.66. The van der Waals surface area contributed by atoms with E-state index in [-0.39, 0.29) is 0 Å². The molecule has 0 heterocycles. The summed E-state index contributed by atoms with van der Waals surface area (Å²) >= 11 is 0. The lowest BCUT2D eigenvalue weighted by Gasteiger charge is -1.90. The molecule has 0 aliphatic heterocycles. The first-order valence-corrected chi connectivity index (χ1v) is 5.37. The quantitative estimate of drug-likeness (QED) is 0.411. The van der Waals surface area contributed by atoms with Gasteiger partial charge in [0.15, 0.2) is 0 Å². The molecule has 0 heteroatoms. The van der Waals surface area contributed by atoms with E-state index < -0.39 is 0 Å². The lowest BCUT2D eigenvalue weighted by molar-refractivity contribution is 0.729. The third kappa shape index (κ3) is 9.56. The molecule has 0 saturated carbocycles. The summed E-state index contributed by atoms with van der Waals surface area (Å²) in [5.41, 5.74) is 0. The SMILES string of the molecule is CCCCCC#CCCCCC. The molecule has 0 aromatic carbocycles. The van der Waals surface area contributed by atoms with Crippen LogP contribution in [-0.2, 0) is 0 Å². The van der Waals surface area contributed by atoms with Gasteiger partial charge in [0.25, 0.3) is 0 Å². The van der Waals surface area contributed by atoms with Crippen molar-refractivity contribution >= 4 is 0 Å². The van der Waals surface area contributed by atoms with Crippen LogP contribution in [0.4, 0.5) is 0 Å². The van der Waals surface area contributed by atoms with E-state index in [9.17, 15) is 0 Å². The molecular weight excluding hydrogens is 144 g/mol. The average molecular weight is 166 g/mol. The zero-order valence-electron chi connectivity index (χ0n) is 8.66. The number of hydrogen-bond donors (Lipinski definition) is 0. The van der Waals surface area contributed by atoms with Crippen LogP contribution in [0.25, 0.3) is 0 Å². The van der Waals surface area contributed by atoms with Gasteiger partial charge in [-0.3, -0.25) is 0 Å². The minimum absolute atomic E-state index is 1.11. The molecule has 0 rings (SSSR count). The molecule has 12 heavy (non-hydrogen) atoms. The van der Waals surface area contributed by atoms with Gasteiger partial charge in [-0.15, -0.1) is 11.8 Å². The molecule has 0 bridgehead atoms. The van der Waals surface area contributed by atoms with E-state index in [0.717, 1.165) is 12.8 Å². The highest BCUT2D eigenvalue weighted by atomic mass is 13.9. The van der Waals surface area contributed by atoms with Gasteiger partial charge >= 0.3 is 0 Å². The molecular formula is C12H22. The van der Waals surface area contributed by atoms with Crippen molar-refractivity contribution < 1.29 is 0 Å². The lowest BCUT2D eigenvalue weighted by atomic mass is 10.2. The molecule has 0 aromatic heterocycles. The van der Waals surface area contributed by atoms with Crippen molar-refractivity contribution in [2.45, 2.75) is 65.2 Å². The number of rotatable bonds is 6. The van der Waals surface area contributed by atoms with Crippen LogP contribution in [0.1, 0.15) is 65.2 Å². The highest BCUT2D eigenvalue weighted by molar-refractivity contribution is 4.98. The molecule has 0 amide bonds. The molecule has 0 N–H and O–H groups in total. The Morgan fingerprint density at radius 1 is 0.667 bits per heavy atom. The van der Waals surface area contributed by atoms with Gasteiger partial charge < -0.3 is 0 Å². The van der Waals surface area contributed by atoms with Gasteiger partial charge in [0.1, 0.15) is 0 Å². The maximum atomic E-state index is 3.23. The Labute approximate surface area is 77.8 Å². The lowest BCUT2D eigenvalue weighted by Crippen LogP contribution is -1.73. The van der Waals surface area contributed by atoms with E-state index in [1.165, 1.54) is 38.5 Å². The molecule has 0 radical (unpaired) electrons. The summed E-state index contributed by atoms with van der Waals surface area (Å²) in [4.78, 5) is 0. The van der Waals surface area contributed by atoms with Crippen molar-refractivity contribution in [3.05, 3.63) is 0 Å². The van der Waals surface area contributed by atoms with Crippen molar-refractivity contribution in [3.8, 4) is 11.8 Å². The molecule has 0 unspecified atom stereocenters. The molecule has 0 aliphatic carbocycles. The van der Waals surface area contributed by atoms with Crippen molar-refractivity contribution in [3.63, 3.8) is 0 Å². The third-order valence-electron chi connectivity index (χ3n) is 1.94. The van der Waals surface area contributed by atoms with E-state index in [1.54, 1.807) is 0 Å². The van der Waals surface area contributed by atoms with Gasteiger partial charge in [-0.25, -0.2) is 0 Å². The van der Waals surface area contributed by atoms with Crippen LogP contribution in [0.5, 0.6) is 0 Å². The standard InChI is InChI=1S/C12H22/c1-3-5-7-9-11-12-10-8-6-4-2/h3-10H2,1-2H3. The summed E-state index contributed by atoms with van der Waals surface area (Å²) in [6.07, 6.45) is 10.1. The summed E-state index contributed by atoms with van der Waals surface area (Å²) in [6, 6.07) is 0. The molecule has 70 valence electrons. The van der Waals surface area contributed by atoms with Crippen LogP contribution in [0.3, 0.4) is 0 Å². The van der Waals surface area contributed by atoms with E-state index in [0.29, 0.717) is 0 Å². The predicted molar refractivity (Wildman–Crippen MR) is 56.1 cm³/mol. The van der Waals surface area contributed by atoms with Gasteiger partial charge in [0.05, 0.1) is 0 Å². The fraction of sp³-hybridized carbons (Fsp3) is 0.833. The minimum Gasteiger partial charge on any atom is -0.103 e. The first-order chi connectivity index (χ1) is 5.91. The minimum atomic E-state index is 1.11. The van der Waals surface area contributed by atoms with Gasteiger partial charge in [-0.2, -0.15) is 0 Å². The zero-order chi connectivity index (χ0) is 9.07. The van der Waals surface area contributed by atoms with E-state index in [1.807, 2.05) is 0 Å². The number of unbranched alkanes of at least 4 members (excludes halogenated alkanes) is 6. The fourth-order valence-corrected chi connectivity index (χ4v) is 1.10. The molecule has 0 saturated heterocycles. The smallest absolute Gasteiger partial charge is 0.00886 e. The van der Waals surface area contributed by atoms with E-state index in [4.69, 9.17) is 0 Å². The molecule has 0 spiro atoms. The molecule has 0 aromatic rings. The predicted octanol–water partition coefficient (Wildman–Crippen LogP) is 4.15. The summed E-state index contributed by atoms with van der Waals surface area (Å²) in [5, 5.41) is 0. The summed E-state index contributed by atoms with van der Waals surface area (Å²) < 4.78 is 0. The van der Waals surface area contributed by atoms with Crippen molar-refractivity contribution in [2.75, 3.05) is 0 Å². The molecule has 0 aliphatic rings. The third-order valence-corrected chi connectivity index (χ3v) is 1.94. The van der Waals surface area contributed by atoms with Crippen LogP contribution in [0, 0.1) is 11.8 Å². The van der Waals surface area contributed by atoms with Crippen LogP contribution in [0.15, 0.2) is 0 Å². The Balaban J connectivity index is 3.01. The van der Waals surface area contributed by atoms with Gasteiger partial charge in [0.2, 0.25) is 0 Å². The van der Waals surface area contributed by atoms with Gasteiger partial charge in [-0.1, -0.05) is 39.5 Å². The maximum Gasteiger partial charge on any atom is 0.00886 e. The Morgan fingerprint density at radius 2 is 1.08 bits per heavy atom. The monoisotopic (exact) mass is 166 g/mol. The Bertz CT molecular complexity index is 111. The second kappa shape index (κ2) is 10.6. The van der Waals surface area contributed by atoms with Crippen molar-refractivity contribution in [2.24, 2.45) is 0 Å². The second-order valence-corrected chi connectivity index (χ2v) is 3.27. The summed E-state index contributed by atoms with van der Waals surface area (Å²) in [7, 11) is 0. The number of hydrogen-bond acceptors (Lipinski definition) is 0. The maximum absolute atomic E-state index is 3.23. The van der Waals surface area contributed by atoms with E-state index in [2.05, 4.69) is 25.7 Å². The molecule has 0 fully saturated rings. The first kappa shape index (κ1) is 11.6. The Kier molecular flexibility index (Phi) is 10.2. The summed E-state index contributed by atoms with van der Waals surface area (Å²) in [5.74, 6) is 6.46. The molecule has 0 atom stereocenters. The Hall–Kier alpha value is -0.440. The highest BCUT2D eigenvalue weighted by Gasteiger charge is 1.82. The van der Waals surface area contributed by atoms with Crippen molar-refractivity contribution in [1.82, 2.24) is 0 Å². The largest absolute Gasteiger partial charge is 0.103 e. The second-order valence-electron chi connectivity index (χ2n) is 3.27. The van der Waals surface area contributed by atoms with Gasteiger partial charge in [-0.05, 0) is 12.8 Å². The van der Waals surface area contributed by atoms with Crippen LogP contribution < -0.4 is 0 Å². The first-order valence-electron chi connectivity index (χ1n) is 5.37. The summed E-state index contributed by atoms with van der Waals surface area (Å²) in [6.45, 7) is 4.46.